The largest absolute Gasteiger partial charge is 0.496 e. The smallest absolute Gasteiger partial charge is 0.260 e. The molecule has 2 aromatic carbocycles. The minimum Gasteiger partial charge on any atom is -0.496 e. The molecule has 9 heteroatoms. The van der Waals surface area contributed by atoms with Gasteiger partial charge in [-0.2, -0.15) is 0 Å². The van der Waals surface area contributed by atoms with Crippen LogP contribution in [0.3, 0.4) is 0 Å². The molecule has 3 aromatic rings. The van der Waals surface area contributed by atoms with E-state index in [0.29, 0.717) is 48.5 Å². The fourth-order valence-electron chi connectivity index (χ4n) is 3.59. The molecule has 2 heterocycles. The third-order valence-corrected chi connectivity index (χ3v) is 5.77. The number of amides is 1. The molecule has 172 valence electrons. The van der Waals surface area contributed by atoms with Gasteiger partial charge >= 0.3 is 0 Å². The van der Waals surface area contributed by atoms with Crippen LogP contribution in [0.25, 0.3) is 11.3 Å². The topological polar surface area (TPSA) is 77.0 Å². The van der Waals surface area contributed by atoms with Crippen molar-refractivity contribution < 1.29 is 19.0 Å². The molecule has 0 atom stereocenters. The quantitative estimate of drug-likeness (QED) is 0.524. The summed E-state index contributed by atoms with van der Waals surface area (Å²) in [5.74, 6) is 2.43. The molecule has 33 heavy (non-hydrogen) atoms. The molecule has 4 rings (SSSR count). The van der Waals surface area contributed by atoms with Crippen LogP contribution in [0.15, 0.2) is 54.6 Å². The van der Waals surface area contributed by atoms with Gasteiger partial charge in [0.25, 0.3) is 5.91 Å². The normalized spacial score (nSPS) is 13.5. The molecule has 1 saturated heterocycles. The Bertz CT molecular complexity index is 1080. The standard InChI is InChI=1S/C24H25ClN4O4/c1-31-17-13-18(32-2)15-19(14-17)33-16-24(30)29-11-9-28(10-12-29)23-8-7-22(26-27-23)20-5-3-4-6-21(20)25/h3-8,13-15H,9-12,16H2,1-2H3. The zero-order chi connectivity index (χ0) is 23.2. The summed E-state index contributed by atoms with van der Waals surface area (Å²) in [6.45, 7) is 2.44. The van der Waals surface area contributed by atoms with E-state index in [-0.39, 0.29) is 12.5 Å². The van der Waals surface area contributed by atoms with E-state index in [1.165, 1.54) is 0 Å². The minimum absolute atomic E-state index is 0.0529. The van der Waals surface area contributed by atoms with Gasteiger partial charge in [0.05, 0.1) is 24.9 Å². The maximum Gasteiger partial charge on any atom is 0.260 e. The number of piperazine rings is 1. The van der Waals surface area contributed by atoms with Crippen molar-refractivity contribution in [1.82, 2.24) is 15.1 Å². The summed E-state index contributed by atoms with van der Waals surface area (Å²) < 4.78 is 16.2. The highest BCUT2D eigenvalue weighted by molar-refractivity contribution is 6.33. The van der Waals surface area contributed by atoms with E-state index >= 15 is 0 Å². The van der Waals surface area contributed by atoms with Gasteiger partial charge in [-0.1, -0.05) is 29.8 Å². The average molecular weight is 469 g/mol. The van der Waals surface area contributed by atoms with Gasteiger partial charge in [-0.05, 0) is 18.2 Å². The van der Waals surface area contributed by atoms with Crippen LogP contribution >= 0.6 is 11.6 Å². The number of hydrogen-bond acceptors (Lipinski definition) is 7. The maximum atomic E-state index is 12.6. The van der Waals surface area contributed by atoms with Gasteiger partial charge in [0, 0.05) is 49.9 Å². The second-order valence-corrected chi connectivity index (χ2v) is 7.87. The third-order valence-electron chi connectivity index (χ3n) is 5.44. The van der Waals surface area contributed by atoms with Gasteiger partial charge in [-0.3, -0.25) is 4.79 Å². The zero-order valence-corrected chi connectivity index (χ0v) is 19.3. The lowest BCUT2D eigenvalue weighted by molar-refractivity contribution is -0.133. The molecule has 0 aliphatic carbocycles. The second-order valence-electron chi connectivity index (χ2n) is 7.46. The van der Waals surface area contributed by atoms with Crippen molar-refractivity contribution in [3.8, 4) is 28.5 Å². The predicted octanol–water partition coefficient (Wildman–Crippen LogP) is 3.54. The van der Waals surface area contributed by atoms with Crippen molar-refractivity contribution in [2.75, 3.05) is 51.9 Å². The maximum absolute atomic E-state index is 12.6. The van der Waals surface area contributed by atoms with E-state index in [9.17, 15) is 4.79 Å². The summed E-state index contributed by atoms with van der Waals surface area (Å²) in [5, 5.41) is 9.34. The van der Waals surface area contributed by atoms with Crippen LogP contribution in [0, 0.1) is 0 Å². The fraction of sp³-hybridized carbons (Fsp3) is 0.292. The molecule has 1 amide bonds. The van der Waals surface area contributed by atoms with Crippen LogP contribution in [0.5, 0.6) is 17.2 Å². The molecule has 1 aromatic heterocycles. The van der Waals surface area contributed by atoms with Gasteiger partial charge in [0.15, 0.2) is 12.4 Å². The SMILES string of the molecule is COc1cc(OC)cc(OCC(=O)N2CCN(c3ccc(-c4ccccc4Cl)nn3)CC2)c1. The van der Waals surface area contributed by atoms with Crippen molar-refractivity contribution in [2.45, 2.75) is 0 Å². The number of carbonyl (C=O) groups excluding carboxylic acids is 1. The van der Waals surface area contributed by atoms with Gasteiger partial charge < -0.3 is 24.0 Å². The Morgan fingerprint density at radius 3 is 2.18 bits per heavy atom. The number of benzene rings is 2. The number of ether oxygens (including phenoxy) is 3. The number of aromatic nitrogens is 2. The molecule has 8 nitrogen and oxygen atoms in total. The second kappa shape index (κ2) is 10.4. The van der Waals surface area contributed by atoms with Crippen LogP contribution < -0.4 is 19.1 Å². The van der Waals surface area contributed by atoms with Gasteiger partial charge in [-0.25, -0.2) is 0 Å². The number of nitrogens with zero attached hydrogens (tertiary/aromatic N) is 4. The van der Waals surface area contributed by atoms with Crippen LogP contribution in [0.4, 0.5) is 5.82 Å². The predicted molar refractivity (Wildman–Crippen MR) is 126 cm³/mol. The molecular formula is C24H25ClN4O4. The molecule has 0 bridgehead atoms. The van der Waals surface area contributed by atoms with Crippen molar-refractivity contribution >= 4 is 23.3 Å². The Morgan fingerprint density at radius 1 is 0.909 bits per heavy atom. The Labute approximate surface area is 197 Å². The first-order valence-corrected chi connectivity index (χ1v) is 10.9. The molecule has 1 fully saturated rings. The van der Waals surface area contributed by atoms with Crippen molar-refractivity contribution in [3.63, 3.8) is 0 Å². The van der Waals surface area contributed by atoms with Crippen LogP contribution in [0.2, 0.25) is 5.02 Å². The molecule has 0 spiro atoms. The lowest BCUT2D eigenvalue weighted by Crippen LogP contribution is -2.50. The van der Waals surface area contributed by atoms with E-state index < -0.39 is 0 Å². The Kier molecular flexibility index (Phi) is 7.14. The summed E-state index contributed by atoms with van der Waals surface area (Å²) >= 11 is 6.25. The molecular weight excluding hydrogens is 444 g/mol. The zero-order valence-electron chi connectivity index (χ0n) is 18.5. The van der Waals surface area contributed by atoms with Crippen molar-refractivity contribution in [3.05, 3.63) is 59.6 Å². The Morgan fingerprint density at radius 2 is 1.58 bits per heavy atom. The summed E-state index contributed by atoms with van der Waals surface area (Å²) in [6.07, 6.45) is 0. The number of rotatable bonds is 7. The van der Waals surface area contributed by atoms with E-state index in [2.05, 4.69) is 15.1 Å². The van der Waals surface area contributed by atoms with Crippen LogP contribution in [-0.2, 0) is 4.79 Å². The highest BCUT2D eigenvalue weighted by Crippen LogP contribution is 2.28. The number of anilines is 1. The van der Waals surface area contributed by atoms with E-state index in [4.69, 9.17) is 25.8 Å². The molecule has 0 saturated carbocycles. The lowest BCUT2D eigenvalue weighted by Gasteiger charge is -2.35. The summed E-state index contributed by atoms with van der Waals surface area (Å²) in [6, 6.07) is 16.6. The van der Waals surface area contributed by atoms with Gasteiger partial charge in [-0.15, -0.1) is 10.2 Å². The first kappa shape index (κ1) is 22.7. The van der Waals surface area contributed by atoms with Gasteiger partial charge in [0.1, 0.15) is 17.2 Å². The monoisotopic (exact) mass is 468 g/mol. The summed E-state index contributed by atoms with van der Waals surface area (Å²) in [7, 11) is 3.13. The Balaban J connectivity index is 1.30. The highest BCUT2D eigenvalue weighted by Gasteiger charge is 2.22. The fourth-order valence-corrected chi connectivity index (χ4v) is 3.82. The average Bonchev–Trinajstić information content (AvgIpc) is 2.87. The molecule has 0 radical (unpaired) electrons. The molecule has 0 N–H and O–H groups in total. The van der Waals surface area contributed by atoms with Crippen LogP contribution in [0.1, 0.15) is 0 Å². The van der Waals surface area contributed by atoms with E-state index in [1.54, 1.807) is 37.3 Å². The first-order chi connectivity index (χ1) is 16.1. The molecule has 0 unspecified atom stereocenters. The lowest BCUT2D eigenvalue weighted by atomic mass is 10.1. The Hall–Kier alpha value is -3.52. The number of hydrogen-bond donors (Lipinski definition) is 0. The van der Waals surface area contributed by atoms with Crippen molar-refractivity contribution in [2.24, 2.45) is 0 Å². The number of carbonyl (C=O) groups is 1. The highest BCUT2D eigenvalue weighted by atomic mass is 35.5. The third kappa shape index (κ3) is 5.46. The number of methoxy groups -OCH3 is 2. The minimum atomic E-state index is -0.0726. The van der Waals surface area contributed by atoms with Gasteiger partial charge in [0.2, 0.25) is 0 Å². The molecule has 1 aliphatic rings. The first-order valence-electron chi connectivity index (χ1n) is 10.5. The molecule has 1 aliphatic heterocycles. The summed E-state index contributed by atoms with van der Waals surface area (Å²) in [4.78, 5) is 16.5. The van der Waals surface area contributed by atoms with E-state index in [1.807, 2.05) is 36.4 Å². The summed E-state index contributed by atoms with van der Waals surface area (Å²) in [5.41, 5.74) is 1.58. The van der Waals surface area contributed by atoms with Crippen LogP contribution in [-0.4, -0.2) is 68.0 Å². The number of halogens is 1. The van der Waals surface area contributed by atoms with E-state index in [0.717, 1.165) is 17.1 Å². The van der Waals surface area contributed by atoms with Crippen molar-refractivity contribution in [1.29, 1.82) is 0 Å².